The smallest absolute Gasteiger partial charge is 0.373 e. The van der Waals surface area contributed by atoms with E-state index in [1.807, 2.05) is 36.4 Å². The summed E-state index contributed by atoms with van der Waals surface area (Å²) in [6, 6.07) is 13.3. The molecule has 0 fully saturated rings. The van der Waals surface area contributed by atoms with Crippen molar-refractivity contribution < 1.29 is 9.90 Å². The Bertz CT molecular complexity index is 694. The monoisotopic (exact) mass is 224 g/mol. The molecule has 2 aliphatic rings. The maximum absolute atomic E-state index is 10.9. The third-order valence-corrected chi connectivity index (χ3v) is 2.62. The molecule has 82 valence electrons. The average Bonchev–Trinajstić information content (AvgIpc) is 2.67. The van der Waals surface area contributed by atoms with E-state index >= 15 is 0 Å². The number of carbonyl (C=O) groups is 1. The van der Waals surface area contributed by atoms with E-state index in [4.69, 9.17) is 5.11 Å². The maximum Gasteiger partial charge on any atom is 0.373 e. The van der Waals surface area contributed by atoms with Crippen LogP contribution in [0.4, 0.5) is 0 Å². The van der Waals surface area contributed by atoms with Crippen molar-refractivity contribution in [2.45, 2.75) is 0 Å². The van der Waals surface area contributed by atoms with Crippen LogP contribution in [0.15, 0.2) is 42.5 Å². The normalized spacial score (nSPS) is 10.8. The number of carboxylic acids is 1. The lowest BCUT2D eigenvalue weighted by molar-refractivity contribution is 0.0685. The molecule has 0 radical (unpaired) electrons. The van der Waals surface area contributed by atoms with E-state index in [1.54, 1.807) is 6.07 Å². The summed E-state index contributed by atoms with van der Waals surface area (Å²) in [5, 5.41) is 10.8. The Balaban J connectivity index is 2.44. The number of imidazole rings is 1. The van der Waals surface area contributed by atoms with Gasteiger partial charge in [-0.05, 0) is 11.5 Å². The second-order valence-corrected chi connectivity index (χ2v) is 3.70. The van der Waals surface area contributed by atoms with Crippen LogP contribution in [0.1, 0.15) is 10.6 Å². The Morgan fingerprint density at radius 2 is 1.76 bits per heavy atom. The van der Waals surface area contributed by atoms with E-state index in [0.717, 1.165) is 10.8 Å². The van der Waals surface area contributed by atoms with Gasteiger partial charge in [0.25, 0.3) is 0 Å². The minimum Gasteiger partial charge on any atom is -0.475 e. The molecule has 1 N–H and O–H groups in total. The van der Waals surface area contributed by atoms with E-state index < -0.39 is 5.97 Å². The number of aromatic carboxylic acids is 1. The van der Waals surface area contributed by atoms with Crippen LogP contribution in [-0.2, 0) is 0 Å². The van der Waals surface area contributed by atoms with Gasteiger partial charge in [0, 0.05) is 5.39 Å². The molecule has 3 rings (SSSR count). The molecule has 1 aliphatic heterocycles. The molecular formula is C13H8N2O2. The van der Waals surface area contributed by atoms with Crippen molar-refractivity contribution in [3.05, 3.63) is 48.3 Å². The van der Waals surface area contributed by atoms with Gasteiger partial charge in [-0.1, -0.05) is 36.4 Å². The first kappa shape index (κ1) is 9.72. The first-order chi connectivity index (χ1) is 8.25. The predicted molar refractivity (Wildman–Crippen MR) is 63.1 cm³/mol. The van der Waals surface area contributed by atoms with Crippen LogP contribution in [0, 0.1) is 0 Å². The first-order valence-corrected chi connectivity index (χ1v) is 5.14. The van der Waals surface area contributed by atoms with Crippen molar-refractivity contribution in [3.63, 3.8) is 0 Å². The van der Waals surface area contributed by atoms with Gasteiger partial charge in [-0.2, -0.15) is 0 Å². The number of fused-ring (bicyclic) bond motifs is 3. The summed E-state index contributed by atoms with van der Waals surface area (Å²) < 4.78 is 0. The molecule has 4 heteroatoms. The average molecular weight is 224 g/mol. The fourth-order valence-corrected chi connectivity index (χ4v) is 1.87. The molecule has 0 unspecified atom stereocenters. The van der Waals surface area contributed by atoms with E-state index in [-0.39, 0.29) is 5.82 Å². The highest BCUT2D eigenvalue weighted by Crippen LogP contribution is 2.26. The van der Waals surface area contributed by atoms with Crippen LogP contribution in [0.3, 0.4) is 0 Å². The number of carboxylic acid groups (broad SMARTS) is 1. The second-order valence-electron chi connectivity index (χ2n) is 3.70. The van der Waals surface area contributed by atoms with Crippen LogP contribution < -0.4 is 0 Å². The van der Waals surface area contributed by atoms with E-state index in [0.29, 0.717) is 11.4 Å². The largest absolute Gasteiger partial charge is 0.475 e. The van der Waals surface area contributed by atoms with Gasteiger partial charge in [0.2, 0.25) is 5.82 Å². The Kier molecular flexibility index (Phi) is 2.01. The quantitative estimate of drug-likeness (QED) is 0.689. The van der Waals surface area contributed by atoms with Crippen molar-refractivity contribution in [2.75, 3.05) is 0 Å². The van der Waals surface area contributed by atoms with Gasteiger partial charge in [0.1, 0.15) is 0 Å². The molecule has 1 aliphatic carbocycles. The topological polar surface area (TPSA) is 63.1 Å². The minimum absolute atomic E-state index is 0.156. The third kappa shape index (κ3) is 1.50. The maximum atomic E-state index is 10.9. The number of hydrogen-bond acceptors (Lipinski definition) is 3. The fraction of sp³-hybridized carbons (Fsp3) is 0. The van der Waals surface area contributed by atoms with Crippen molar-refractivity contribution in [3.8, 4) is 11.4 Å². The highest BCUT2D eigenvalue weighted by atomic mass is 16.4. The molecule has 0 saturated heterocycles. The number of aromatic nitrogens is 2. The summed E-state index contributed by atoms with van der Waals surface area (Å²) in [7, 11) is 0. The van der Waals surface area contributed by atoms with Crippen LogP contribution in [0.5, 0.6) is 0 Å². The van der Waals surface area contributed by atoms with Crippen LogP contribution in [0.25, 0.3) is 22.2 Å². The Morgan fingerprint density at radius 1 is 1.00 bits per heavy atom. The molecule has 0 bridgehead atoms. The number of hydrogen-bond donors (Lipinski definition) is 1. The summed E-state index contributed by atoms with van der Waals surface area (Å²) in [6.07, 6.45) is 0. The highest BCUT2D eigenvalue weighted by molar-refractivity contribution is 5.96. The summed E-state index contributed by atoms with van der Waals surface area (Å²) >= 11 is 0. The molecule has 17 heavy (non-hydrogen) atoms. The van der Waals surface area contributed by atoms with Gasteiger partial charge in [0.15, 0.2) is 0 Å². The van der Waals surface area contributed by atoms with Gasteiger partial charge >= 0.3 is 5.97 Å². The SMILES string of the molecule is O=C(O)c1nc2cccc3ccccc3c-2n1. The molecule has 0 spiro atoms. The number of benzene rings is 1. The molecule has 0 saturated carbocycles. The summed E-state index contributed by atoms with van der Waals surface area (Å²) in [5.74, 6) is -1.26. The molecule has 0 atom stereocenters. The van der Waals surface area contributed by atoms with Gasteiger partial charge < -0.3 is 5.11 Å². The molecule has 1 aromatic carbocycles. The lowest BCUT2D eigenvalue weighted by Gasteiger charge is -1.94. The second kappa shape index (κ2) is 3.52. The van der Waals surface area contributed by atoms with Crippen molar-refractivity contribution in [2.24, 2.45) is 0 Å². The molecule has 0 amide bonds. The van der Waals surface area contributed by atoms with Crippen molar-refractivity contribution >= 4 is 16.7 Å². The van der Waals surface area contributed by atoms with Crippen LogP contribution in [-0.4, -0.2) is 21.0 Å². The zero-order valence-electron chi connectivity index (χ0n) is 8.79. The third-order valence-electron chi connectivity index (χ3n) is 2.62. The highest BCUT2D eigenvalue weighted by Gasteiger charge is 2.16. The van der Waals surface area contributed by atoms with E-state index in [1.165, 1.54) is 0 Å². The Hall–Kier alpha value is -2.49. The van der Waals surface area contributed by atoms with E-state index in [9.17, 15) is 4.79 Å². The zero-order valence-corrected chi connectivity index (χ0v) is 8.79. The van der Waals surface area contributed by atoms with Crippen molar-refractivity contribution in [1.29, 1.82) is 0 Å². The first-order valence-electron chi connectivity index (χ1n) is 5.14. The number of rotatable bonds is 1. The van der Waals surface area contributed by atoms with Crippen molar-refractivity contribution in [1.82, 2.24) is 9.97 Å². The molecular weight excluding hydrogens is 216 g/mol. The Labute approximate surface area is 96.9 Å². The lowest BCUT2D eigenvalue weighted by atomic mass is 10.1. The molecule has 4 nitrogen and oxygen atoms in total. The predicted octanol–water partition coefficient (Wildman–Crippen LogP) is 2.43. The van der Waals surface area contributed by atoms with Gasteiger partial charge in [0.05, 0.1) is 11.4 Å². The van der Waals surface area contributed by atoms with Gasteiger partial charge in [-0.3, -0.25) is 0 Å². The molecule has 1 heterocycles. The zero-order chi connectivity index (χ0) is 11.8. The van der Waals surface area contributed by atoms with Crippen LogP contribution >= 0.6 is 0 Å². The summed E-state index contributed by atoms with van der Waals surface area (Å²) in [5.41, 5.74) is 1.23. The van der Waals surface area contributed by atoms with E-state index in [2.05, 4.69) is 9.97 Å². The van der Waals surface area contributed by atoms with Gasteiger partial charge in [-0.15, -0.1) is 0 Å². The van der Waals surface area contributed by atoms with Crippen LogP contribution in [0.2, 0.25) is 0 Å². The fourth-order valence-electron chi connectivity index (χ4n) is 1.87. The minimum atomic E-state index is -1.10. The lowest BCUT2D eigenvalue weighted by Crippen LogP contribution is -1.97. The summed E-state index contributed by atoms with van der Waals surface area (Å²) in [6.45, 7) is 0. The standard InChI is InChI=1S/C13H8N2O2/c16-13(17)12-14-10-7-3-5-8-4-1-2-6-9(8)11(10)15-12/h1-7H,(H,16,17). The molecule has 1 aromatic rings. The summed E-state index contributed by atoms with van der Waals surface area (Å²) in [4.78, 5) is 18.9. The Morgan fingerprint density at radius 3 is 2.59 bits per heavy atom. The number of nitrogens with zero attached hydrogens (tertiary/aromatic N) is 2. The molecule has 0 aromatic heterocycles. The van der Waals surface area contributed by atoms with Gasteiger partial charge in [-0.25, -0.2) is 14.8 Å².